The first-order chi connectivity index (χ1) is 7.25. The van der Waals surface area contributed by atoms with E-state index in [1.807, 2.05) is 0 Å². The van der Waals surface area contributed by atoms with E-state index in [4.69, 9.17) is 16.0 Å². The molecule has 2 N–H and O–H groups in total. The fourth-order valence-electron chi connectivity index (χ4n) is 1.13. The van der Waals surface area contributed by atoms with E-state index in [0.29, 0.717) is 10.6 Å². The van der Waals surface area contributed by atoms with Crippen molar-refractivity contribution in [2.75, 3.05) is 0 Å². The molecule has 16 heavy (non-hydrogen) atoms. The van der Waals surface area contributed by atoms with Gasteiger partial charge in [0.15, 0.2) is 5.76 Å². The molecule has 88 valence electrons. The molecule has 0 aliphatic rings. The van der Waals surface area contributed by atoms with Crippen LogP contribution < -0.4 is 5.73 Å². The van der Waals surface area contributed by atoms with Gasteiger partial charge >= 0.3 is 5.92 Å². The number of hydrogen-bond donors (Lipinski definition) is 1. The SMILES string of the molecule is C/C(Cl)=C\c1cc(C(F)(F)C(N)=O)oc1C. The van der Waals surface area contributed by atoms with Crippen LogP contribution in [0.2, 0.25) is 0 Å². The van der Waals surface area contributed by atoms with Gasteiger partial charge in [-0.3, -0.25) is 4.79 Å². The quantitative estimate of drug-likeness (QED) is 0.895. The van der Waals surface area contributed by atoms with E-state index >= 15 is 0 Å². The van der Waals surface area contributed by atoms with E-state index in [0.717, 1.165) is 6.07 Å². The van der Waals surface area contributed by atoms with E-state index in [2.05, 4.69) is 5.73 Å². The van der Waals surface area contributed by atoms with Crippen molar-refractivity contribution in [1.82, 2.24) is 0 Å². The second-order valence-corrected chi connectivity index (χ2v) is 3.89. The molecule has 0 bridgehead atoms. The Kier molecular flexibility index (Phi) is 3.38. The number of furan rings is 1. The number of halogens is 3. The van der Waals surface area contributed by atoms with Gasteiger partial charge in [-0.1, -0.05) is 11.6 Å². The highest BCUT2D eigenvalue weighted by molar-refractivity contribution is 6.31. The summed E-state index contributed by atoms with van der Waals surface area (Å²) in [6, 6.07) is 1.05. The number of carbonyl (C=O) groups excluding carboxylic acids is 1. The van der Waals surface area contributed by atoms with Gasteiger partial charge in [0.25, 0.3) is 5.91 Å². The summed E-state index contributed by atoms with van der Waals surface area (Å²) in [5.74, 6) is -6.09. The predicted octanol–water partition coefficient (Wildman–Crippen LogP) is 2.76. The number of allylic oxidation sites excluding steroid dienone is 1. The minimum Gasteiger partial charge on any atom is -0.459 e. The van der Waals surface area contributed by atoms with Gasteiger partial charge in [0.05, 0.1) is 0 Å². The lowest BCUT2D eigenvalue weighted by Gasteiger charge is -2.07. The molecule has 0 saturated heterocycles. The van der Waals surface area contributed by atoms with Crippen molar-refractivity contribution in [2.24, 2.45) is 5.73 Å². The Balaban J connectivity index is 3.20. The standard InChI is InChI=1S/C10H10ClF2NO2/c1-5(11)3-7-4-8(16-6(7)2)10(12,13)9(14)15/h3-4H,1-2H3,(H2,14,15)/b5-3+. The highest BCUT2D eigenvalue weighted by atomic mass is 35.5. The molecule has 0 atom stereocenters. The van der Waals surface area contributed by atoms with Crippen LogP contribution in [0.3, 0.4) is 0 Å². The molecule has 1 amide bonds. The number of carbonyl (C=O) groups is 1. The van der Waals surface area contributed by atoms with Crippen molar-refractivity contribution in [2.45, 2.75) is 19.8 Å². The minimum atomic E-state index is -3.81. The molecule has 0 spiro atoms. The van der Waals surface area contributed by atoms with Crippen LogP contribution in [0.25, 0.3) is 6.08 Å². The maximum absolute atomic E-state index is 13.2. The van der Waals surface area contributed by atoms with Crippen molar-refractivity contribution in [3.05, 3.63) is 28.2 Å². The van der Waals surface area contributed by atoms with Gasteiger partial charge in [-0.15, -0.1) is 0 Å². The van der Waals surface area contributed by atoms with Crippen molar-refractivity contribution in [1.29, 1.82) is 0 Å². The highest BCUT2D eigenvalue weighted by Gasteiger charge is 2.42. The molecule has 1 heterocycles. The summed E-state index contributed by atoms with van der Waals surface area (Å²) in [4.78, 5) is 10.5. The second-order valence-electron chi connectivity index (χ2n) is 3.29. The monoisotopic (exact) mass is 249 g/mol. The molecular formula is C10H10ClF2NO2. The van der Waals surface area contributed by atoms with Gasteiger partial charge < -0.3 is 10.2 Å². The summed E-state index contributed by atoms with van der Waals surface area (Å²) in [5.41, 5.74) is 4.96. The van der Waals surface area contributed by atoms with Crippen molar-refractivity contribution < 1.29 is 18.0 Å². The molecular weight excluding hydrogens is 240 g/mol. The van der Waals surface area contributed by atoms with E-state index in [-0.39, 0.29) is 5.76 Å². The minimum absolute atomic E-state index is 0.246. The highest BCUT2D eigenvalue weighted by Crippen LogP contribution is 2.31. The first-order valence-corrected chi connectivity index (χ1v) is 4.75. The smallest absolute Gasteiger partial charge is 0.380 e. The van der Waals surface area contributed by atoms with Gasteiger partial charge in [0, 0.05) is 10.6 Å². The van der Waals surface area contributed by atoms with E-state index in [1.54, 1.807) is 6.92 Å². The Morgan fingerprint density at radius 1 is 1.62 bits per heavy atom. The molecule has 0 aliphatic heterocycles. The lowest BCUT2D eigenvalue weighted by molar-refractivity contribution is -0.145. The maximum Gasteiger partial charge on any atom is 0.380 e. The molecule has 1 aromatic heterocycles. The third-order valence-electron chi connectivity index (χ3n) is 1.93. The molecule has 0 aliphatic carbocycles. The topological polar surface area (TPSA) is 56.2 Å². The molecule has 0 unspecified atom stereocenters. The molecule has 0 aromatic carbocycles. The number of primary amides is 1. The molecule has 0 saturated carbocycles. The Hall–Kier alpha value is -1.36. The lowest BCUT2D eigenvalue weighted by Crippen LogP contribution is -2.32. The third-order valence-corrected chi connectivity index (χ3v) is 2.04. The zero-order chi connectivity index (χ0) is 12.5. The lowest BCUT2D eigenvalue weighted by atomic mass is 10.2. The van der Waals surface area contributed by atoms with E-state index in [1.165, 1.54) is 13.0 Å². The second kappa shape index (κ2) is 4.25. The van der Waals surface area contributed by atoms with Crippen molar-refractivity contribution in [3.8, 4) is 0 Å². The third kappa shape index (κ3) is 2.41. The van der Waals surface area contributed by atoms with Gasteiger partial charge in [0.1, 0.15) is 5.76 Å². The van der Waals surface area contributed by atoms with Crippen LogP contribution in [0.5, 0.6) is 0 Å². The zero-order valence-electron chi connectivity index (χ0n) is 8.68. The van der Waals surface area contributed by atoms with Crippen LogP contribution in [-0.2, 0) is 10.7 Å². The number of alkyl halides is 2. The first-order valence-electron chi connectivity index (χ1n) is 4.37. The van der Waals surface area contributed by atoms with Crippen LogP contribution in [0, 0.1) is 6.92 Å². The molecule has 1 aromatic rings. The molecule has 0 fully saturated rings. The van der Waals surface area contributed by atoms with Crippen LogP contribution in [0.1, 0.15) is 24.0 Å². The predicted molar refractivity (Wildman–Crippen MR) is 56.0 cm³/mol. The zero-order valence-corrected chi connectivity index (χ0v) is 9.44. The van der Waals surface area contributed by atoms with Crippen molar-refractivity contribution >= 4 is 23.6 Å². The summed E-state index contributed by atoms with van der Waals surface area (Å²) in [6.45, 7) is 3.09. The first kappa shape index (κ1) is 12.7. The summed E-state index contributed by atoms with van der Waals surface area (Å²) in [7, 11) is 0. The molecule has 3 nitrogen and oxygen atoms in total. The van der Waals surface area contributed by atoms with Gasteiger partial charge in [-0.2, -0.15) is 8.78 Å². The number of nitrogens with two attached hydrogens (primary N) is 1. The summed E-state index contributed by atoms with van der Waals surface area (Å²) in [5, 5.41) is 0.415. The summed E-state index contributed by atoms with van der Waals surface area (Å²) >= 11 is 5.61. The largest absolute Gasteiger partial charge is 0.459 e. The summed E-state index contributed by atoms with van der Waals surface area (Å²) < 4.78 is 31.2. The Morgan fingerprint density at radius 3 is 2.62 bits per heavy atom. The fourth-order valence-corrected chi connectivity index (χ4v) is 1.25. The Labute approximate surface area is 95.9 Å². The van der Waals surface area contributed by atoms with E-state index in [9.17, 15) is 13.6 Å². The fraction of sp³-hybridized carbons (Fsp3) is 0.300. The van der Waals surface area contributed by atoms with E-state index < -0.39 is 17.6 Å². The number of amides is 1. The maximum atomic E-state index is 13.2. The van der Waals surface area contributed by atoms with Crippen LogP contribution >= 0.6 is 11.6 Å². The van der Waals surface area contributed by atoms with Gasteiger partial charge in [-0.25, -0.2) is 0 Å². The Bertz CT molecular complexity index is 448. The number of hydrogen-bond acceptors (Lipinski definition) is 2. The normalized spacial score (nSPS) is 12.9. The van der Waals surface area contributed by atoms with Crippen LogP contribution in [0.15, 0.2) is 15.5 Å². The number of rotatable bonds is 3. The molecule has 6 heteroatoms. The van der Waals surface area contributed by atoms with Crippen molar-refractivity contribution in [3.63, 3.8) is 0 Å². The average Bonchev–Trinajstić information content (AvgIpc) is 2.47. The van der Waals surface area contributed by atoms with Crippen LogP contribution in [0.4, 0.5) is 8.78 Å². The van der Waals surface area contributed by atoms with Gasteiger partial charge in [-0.05, 0) is 26.0 Å². The molecule has 1 rings (SSSR count). The Morgan fingerprint density at radius 2 is 2.19 bits per heavy atom. The number of aryl methyl sites for hydroxylation is 1. The van der Waals surface area contributed by atoms with Gasteiger partial charge in [0.2, 0.25) is 0 Å². The molecule has 0 radical (unpaired) electrons. The average molecular weight is 250 g/mol. The van der Waals surface area contributed by atoms with Crippen LogP contribution in [-0.4, -0.2) is 5.91 Å². The summed E-state index contributed by atoms with van der Waals surface area (Å²) in [6.07, 6.45) is 1.46.